The summed E-state index contributed by atoms with van der Waals surface area (Å²) >= 11 is 6.32. The summed E-state index contributed by atoms with van der Waals surface area (Å²) in [6.45, 7) is 0.421. The average Bonchev–Trinajstić information content (AvgIpc) is 3.00. The highest BCUT2D eigenvalue weighted by Gasteiger charge is 2.26. The Hall–Kier alpha value is -3.94. The van der Waals surface area contributed by atoms with Crippen molar-refractivity contribution in [2.24, 2.45) is 0 Å². The Morgan fingerprint density at radius 1 is 1.00 bits per heavy atom. The third-order valence-corrected chi connectivity index (χ3v) is 5.99. The lowest BCUT2D eigenvalue weighted by Crippen LogP contribution is -2.21. The number of nitrogens with one attached hydrogen (secondary N) is 2. The summed E-state index contributed by atoms with van der Waals surface area (Å²) in [5, 5.41) is 7.03. The Morgan fingerprint density at radius 3 is 2.62 bits per heavy atom. The molecule has 0 radical (unpaired) electrons. The van der Waals surface area contributed by atoms with E-state index in [1.807, 2.05) is 12.1 Å². The quantitative estimate of drug-likeness (QED) is 0.373. The Balaban J connectivity index is 1.58. The van der Waals surface area contributed by atoms with Crippen molar-refractivity contribution < 1.29 is 14.0 Å². The van der Waals surface area contributed by atoms with Gasteiger partial charge in [0.25, 0.3) is 0 Å². The van der Waals surface area contributed by atoms with E-state index in [1.54, 1.807) is 48.7 Å². The molecule has 0 aliphatic carbocycles. The molecule has 3 aromatic carbocycles. The van der Waals surface area contributed by atoms with Crippen LogP contribution in [-0.4, -0.2) is 22.5 Å². The van der Waals surface area contributed by atoms with E-state index in [1.165, 1.54) is 6.07 Å². The lowest BCUT2D eigenvalue weighted by molar-refractivity contribution is 0.109. The molecule has 8 heteroatoms. The molecule has 0 amide bonds. The van der Waals surface area contributed by atoms with Crippen LogP contribution in [0.25, 0.3) is 11.3 Å². The average molecular weight is 473 g/mol. The van der Waals surface area contributed by atoms with Gasteiger partial charge >= 0.3 is 0 Å². The number of hydrogen-bond donors (Lipinski definition) is 2. The first-order chi connectivity index (χ1) is 16.6. The maximum Gasteiger partial charge on any atom is 0.227 e. The van der Waals surface area contributed by atoms with Crippen molar-refractivity contribution in [3.8, 4) is 11.3 Å². The Morgan fingerprint density at radius 2 is 1.82 bits per heavy atom. The number of anilines is 2. The van der Waals surface area contributed by atoms with Crippen molar-refractivity contribution in [1.29, 1.82) is 0 Å². The Kier molecular flexibility index (Phi) is 5.88. The van der Waals surface area contributed by atoms with Crippen molar-refractivity contribution in [2.75, 3.05) is 5.32 Å². The molecule has 34 heavy (non-hydrogen) atoms. The van der Waals surface area contributed by atoms with E-state index in [2.05, 4.69) is 15.6 Å². The zero-order chi connectivity index (χ0) is 23.7. The minimum absolute atomic E-state index is 0.270. The molecule has 2 heterocycles. The molecule has 1 aliphatic heterocycles. The fourth-order valence-electron chi connectivity index (χ4n) is 4.12. The highest BCUT2D eigenvalue weighted by molar-refractivity contribution is 6.30. The van der Waals surface area contributed by atoms with E-state index in [4.69, 9.17) is 16.6 Å². The zero-order valence-corrected chi connectivity index (χ0v) is 18.5. The smallest absolute Gasteiger partial charge is 0.227 e. The zero-order valence-electron chi connectivity index (χ0n) is 17.8. The molecule has 1 aromatic heterocycles. The predicted octanol–water partition coefficient (Wildman–Crippen LogP) is 5.50. The normalized spacial score (nSPS) is 14.5. The number of halogens is 2. The second kappa shape index (κ2) is 9.13. The fourth-order valence-corrected chi connectivity index (χ4v) is 4.30. The maximum atomic E-state index is 14.7. The van der Waals surface area contributed by atoms with Crippen molar-refractivity contribution in [3.05, 3.63) is 106 Å². The number of aldehydes is 2. The van der Waals surface area contributed by atoms with Crippen LogP contribution in [0, 0.1) is 5.82 Å². The molecular formula is C26H18ClFN4O2. The first-order valence-electron chi connectivity index (χ1n) is 10.5. The number of fused-ring (bicyclic) bond motifs is 3. The highest BCUT2D eigenvalue weighted by atomic mass is 35.5. The summed E-state index contributed by atoms with van der Waals surface area (Å²) < 4.78 is 14.7. The Labute approximate surface area is 199 Å². The van der Waals surface area contributed by atoms with Gasteiger partial charge in [-0.05, 0) is 42.0 Å². The molecule has 1 atom stereocenters. The van der Waals surface area contributed by atoms with Crippen LogP contribution in [0.3, 0.4) is 0 Å². The van der Waals surface area contributed by atoms with Crippen LogP contribution in [-0.2, 0) is 6.54 Å². The molecule has 1 unspecified atom stereocenters. The van der Waals surface area contributed by atoms with E-state index < -0.39 is 6.04 Å². The molecule has 168 valence electrons. The molecule has 0 saturated heterocycles. The molecule has 0 saturated carbocycles. The largest absolute Gasteiger partial charge is 0.324 e. The Bertz CT molecular complexity index is 1430. The summed E-state index contributed by atoms with van der Waals surface area (Å²) in [6.07, 6.45) is 2.97. The summed E-state index contributed by atoms with van der Waals surface area (Å²) in [5.74, 6) is 0.00904. The summed E-state index contributed by atoms with van der Waals surface area (Å²) in [4.78, 5) is 31.5. The number of rotatable bonds is 5. The van der Waals surface area contributed by atoms with Gasteiger partial charge < -0.3 is 10.6 Å². The SMILES string of the molecule is O=Cc1ccc(Nc2ncc3c(n2)-c2ccc(Cl)cc2C(c2ccccc2F)NC3)cc1C=O. The van der Waals surface area contributed by atoms with Gasteiger partial charge in [-0.1, -0.05) is 35.9 Å². The molecule has 5 rings (SSSR count). The second-order valence-electron chi connectivity index (χ2n) is 7.84. The van der Waals surface area contributed by atoms with Crippen molar-refractivity contribution in [1.82, 2.24) is 15.3 Å². The van der Waals surface area contributed by atoms with Crippen molar-refractivity contribution in [3.63, 3.8) is 0 Å². The van der Waals surface area contributed by atoms with Crippen molar-refractivity contribution in [2.45, 2.75) is 12.6 Å². The topological polar surface area (TPSA) is 84.0 Å². The van der Waals surface area contributed by atoms with E-state index in [-0.39, 0.29) is 11.4 Å². The monoisotopic (exact) mass is 472 g/mol. The number of nitrogens with zero attached hydrogens (tertiary/aromatic N) is 2. The fraction of sp³-hybridized carbons (Fsp3) is 0.0769. The maximum absolute atomic E-state index is 14.7. The molecule has 6 nitrogen and oxygen atoms in total. The van der Waals surface area contributed by atoms with Crippen LogP contribution in [0.4, 0.5) is 16.0 Å². The van der Waals surface area contributed by atoms with Gasteiger partial charge in [-0.15, -0.1) is 0 Å². The van der Waals surface area contributed by atoms with Gasteiger partial charge in [-0.3, -0.25) is 9.59 Å². The van der Waals surface area contributed by atoms with Crippen molar-refractivity contribution >= 4 is 35.8 Å². The van der Waals surface area contributed by atoms with Crippen LogP contribution in [0.1, 0.15) is 43.4 Å². The molecule has 4 aromatic rings. The third-order valence-electron chi connectivity index (χ3n) is 5.75. The van der Waals surface area contributed by atoms with Gasteiger partial charge in [-0.2, -0.15) is 0 Å². The second-order valence-corrected chi connectivity index (χ2v) is 8.28. The van der Waals surface area contributed by atoms with E-state index in [9.17, 15) is 14.0 Å². The lowest BCUT2D eigenvalue weighted by Gasteiger charge is -2.20. The minimum atomic E-state index is -0.424. The van der Waals surface area contributed by atoms with E-state index in [0.717, 1.165) is 16.7 Å². The molecular weight excluding hydrogens is 455 g/mol. The molecule has 0 fully saturated rings. The minimum Gasteiger partial charge on any atom is -0.324 e. The van der Waals surface area contributed by atoms with Gasteiger partial charge in [0.05, 0.1) is 11.7 Å². The van der Waals surface area contributed by atoms with Gasteiger partial charge in [0.2, 0.25) is 5.95 Å². The molecule has 0 spiro atoms. The standard InChI is InChI=1S/C26H18ClFN4O2/c27-18-6-8-20-22(10-18)25(21-3-1-2-4-23(21)28)29-11-17-12-30-26(32-24(17)20)31-19-7-5-15(13-33)16(9-19)14-34/h1-10,12-14,25,29H,11H2,(H,30,31,32). The number of aromatic nitrogens is 2. The molecule has 2 N–H and O–H groups in total. The summed E-state index contributed by atoms with van der Waals surface area (Å²) in [7, 11) is 0. The van der Waals surface area contributed by atoms with Crippen LogP contribution in [0.2, 0.25) is 5.02 Å². The van der Waals surface area contributed by atoms with E-state index >= 15 is 0 Å². The van der Waals surface area contributed by atoms with Gasteiger partial charge in [0.15, 0.2) is 12.6 Å². The predicted molar refractivity (Wildman–Crippen MR) is 128 cm³/mol. The number of carbonyl (C=O) groups is 2. The first kappa shape index (κ1) is 21.9. The number of benzene rings is 3. The third kappa shape index (κ3) is 4.07. The van der Waals surface area contributed by atoms with Crippen LogP contribution in [0.15, 0.2) is 66.9 Å². The summed E-state index contributed by atoms with van der Waals surface area (Å²) in [6, 6.07) is 16.5. The first-order valence-corrected chi connectivity index (χ1v) is 10.9. The van der Waals surface area contributed by atoms with Gasteiger partial charge in [0, 0.05) is 51.3 Å². The van der Waals surface area contributed by atoms with Crippen LogP contribution < -0.4 is 10.6 Å². The van der Waals surface area contributed by atoms with Gasteiger partial charge in [0.1, 0.15) is 5.82 Å². The lowest BCUT2D eigenvalue weighted by atomic mass is 9.93. The number of hydrogen-bond acceptors (Lipinski definition) is 6. The van der Waals surface area contributed by atoms with Crippen LogP contribution >= 0.6 is 11.6 Å². The van der Waals surface area contributed by atoms with Gasteiger partial charge in [-0.25, -0.2) is 14.4 Å². The molecule has 0 bridgehead atoms. The number of carbonyl (C=O) groups excluding carboxylic acids is 2. The van der Waals surface area contributed by atoms with E-state index in [0.29, 0.717) is 52.6 Å². The highest BCUT2D eigenvalue weighted by Crippen LogP contribution is 2.38. The van der Waals surface area contributed by atoms with Crippen LogP contribution in [0.5, 0.6) is 0 Å². The summed E-state index contributed by atoms with van der Waals surface area (Å²) in [5.41, 5.74) is 4.81. The molecule has 1 aliphatic rings.